The number of nitrogens with one attached hydrogen (secondary N) is 2. The highest BCUT2D eigenvalue weighted by Gasteiger charge is 2.08. The third-order valence-corrected chi connectivity index (χ3v) is 3.49. The van der Waals surface area contributed by atoms with Crippen LogP contribution in [0.15, 0.2) is 58.3 Å². The first kappa shape index (κ1) is 16.7. The minimum absolute atomic E-state index is 0.413. The first-order chi connectivity index (χ1) is 12.3. The maximum Gasteiger partial charge on any atom is 0.216 e. The number of rotatable bonds is 7. The van der Waals surface area contributed by atoms with Gasteiger partial charge in [-0.05, 0) is 67.7 Å². The summed E-state index contributed by atoms with van der Waals surface area (Å²) in [7, 11) is 0. The molecule has 0 fully saturated rings. The van der Waals surface area contributed by atoms with Crippen molar-refractivity contribution >= 4 is 24.5 Å². The van der Waals surface area contributed by atoms with Crippen molar-refractivity contribution in [2.75, 3.05) is 12.1 Å². The predicted molar refractivity (Wildman–Crippen MR) is 99.6 cm³/mol. The third-order valence-electron chi connectivity index (χ3n) is 3.22. The molecular formula is C17H17N5O2S. The number of hydrogen-bond acceptors (Lipinski definition) is 6. The van der Waals surface area contributed by atoms with E-state index in [1.165, 1.54) is 0 Å². The van der Waals surface area contributed by atoms with Crippen molar-refractivity contribution in [2.45, 2.75) is 6.92 Å². The molecule has 0 saturated carbocycles. The van der Waals surface area contributed by atoms with Gasteiger partial charge in [-0.25, -0.2) is 10.6 Å². The Hall–Kier alpha value is -3.13. The van der Waals surface area contributed by atoms with E-state index in [2.05, 4.69) is 20.8 Å². The minimum Gasteiger partial charge on any atom is -0.494 e. The molecule has 2 aromatic heterocycles. The van der Waals surface area contributed by atoms with E-state index >= 15 is 0 Å². The van der Waals surface area contributed by atoms with E-state index in [0.29, 0.717) is 17.2 Å². The van der Waals surface area contributed by atoms with Crippen LogP contribution in [0.1, 0.15) is 12.7 Å². The van der Waals surface area contributed by atoms with Crippen molar-refractivity contribution in [1.29, 1.82) is 0 Å². The monoisotopic (exact) mass is 355 g/mol. The lowest BCUT2D eigenvalue weighted by atomic mass is 10.2. The van der Waals surface area contributed by atoms with Crippen LogP contribution in [0, 0.1) is 4.77 Å². The molecule has 3 aromatic rings. The van der Waals surface area contributed by atoms with Crippen LogP contribution >= 0.6 is 12.2 Å². The van der Waals surface area contributed by atoms with E-state index in [1.54, 1.807) is 29.3 Å². The van der Waals surface area contributed by atoms with Gasteiger partial charge in [0.15, 0.2) is 5.82 Å². The summed E-state index contributed by atoms with van der Waals surface area (Å²) >= 11 is 5.23. The molecule has 0 aliphatic carbocycles. The molecule has 25 heavy (non-hydrogen) atoms. The molecule has 0 radical (unpaired) electrons. The number of H-pyrrole nitrogens is 1. The Morgan fingerprint density at radius 3 is 2.92 bits per heavy atom. The number of furan rings is 1. The molecule has 0 unspecified atom stereocenters. The van der Waals surface area contributed by atoms with Crippen LogP contribution in [-0.4, -0.2) is 27.7 Å². The zero-order valence-corrected chi connectivity index (χ0v) is 14.4. The fraction of sp³-hybridized carbons (Fsp3) is 0.118. The fourth-order valence-electron chi connectivity index (χ4n) is 2.11. The van der Waals surface area contributed by atoms with Gasteiger partial charge in [-0.3, -0.25) is 0 Å². The molecule has 8 heteroatoms. The van der Waals surface area contributed by atoms with Gasteiger partial charge in [0.25, 0.3) is 0 Å². The molecule has 3 rings (SSSR count). The quantitative estimate of drug-likeness (QED) is 0.382. The number of benzene rings is 1. The molecule has 2 heterocycles. The largest absolute Gasteiger partial charge is 0.494 e. The van der Waals surface area contributed by atoms with Gasteiger partial charge in [-0.2, -0.15) is 14.9 Å². The average molecular weight is 355 g/mol. The first-order valence-corrected chi connectivity index (χ1v) is 8.08. The Morgan fingerprint density at radius 1 is 1.36 bits per heavy atom. The zero-order valence-electron chi connectivity index (χ0n) is 13.5. The van der Waals surface area contributed by atoms with Crippen molar-refractivity contribution < 1.29 is 9.15 Å². The molecule has 0 saturated heterocycles. The molecule has 0 amide bonds. The average Bonchev–Trinajstić information content (AvgIpc) is 3.26. The molecule has 2 N–H and O–H groups in total. The van der Waals surface area contributed by atoms with Crippen LogP contribution in [0.3, 0.4) is 0 Å². The van der Waals surface area contributed by atoms with Crippen LogP contribution in [0.5, 0.6) is 5.75 Å². The van der Waals surface area contributed by atoms with Gasteiger partial charge in [0.1, 0.15) is 11.5 Å². The number of hydrogen-bond donors (Lipinski definition) is 2. The molecule has 0 aliphatic heterocycles. The number of nitrogens with zero attached hydrogens (tertiary/aromatic N) is 3. The number of allylic oxidation sites excluding steroid dienone is 1. The SMILES string of the molecule is CCOc1ccc(-c2n[nH]c(=S)n2NN=CC=Cc2ccco2)cc1. The van der Waals surface area contributed by atoms with Gasteiger partial charge >= 0.3 is 0 Å². The van der Waals surface area contributed by atoms with E-state index in [4.69, 9.17) is 21.4 Å². The summed E-state index contributed by atoms with van der Waals surface area (Å²) < 4.78 is 12.6. The Bertz CT molecular complexity index is 907. The van der Waals surface area contributed by atoms with E-state index < -0.39 is 0 Å². The van der Waals surface area contributed by atoms with Crippen molar-refractivity contribution in [3.8, 4) is 17.1 Å². The van der Waals surface area contributed by atoms with Crippen LogP contribution in [-0.2, 0) is 0 Å². The van der Waals surface area contributed by atoms with Crippen LogP contribution < -0.4 is 10.3 Å². The molecular weight excluding hydrogens is 338 g/mol. The van der Waals surface area contributed by atoms with Crippen molar-refractivity contribution in [3.63, 3.8) is 0 Å². The molecule has 0 bridgehead atoms. The van der Waals surface area contributed by atoms with Gasteiger partial charge in [0, 0.05) is 11.8 Å². The minimum atomic E-state index is 0.413. The van der Waals surface area contributed by atoms with Gasteiger partial charge in [-0.15, -0.1) is 0 Å². The third kappa shape index (κ3) is 4.24. The van der Waals surface area contributed by atoms with E-state index in [9.17, 15) is 0 Å². The van der Waals surface area contributed by atoms with Gasteiger partial charge in [0.05, 0.1) is 12.9 Å². The van der Waals surface area contributed by atoms with E-state index in [1.807, 2.05) is 43.3 Å². The van der Waals surface area contributed by atoms with Crippen LogP contribution in [0.4, 0.5) is 0 Å². The topological polar surface area (TPSA) is 80.4 Å². The summed E-state index contributed by atoms with van der Waals surface area (Å²) in [6, 6.07) is 11.3. The van der Waals surface area contributed by atoms with Crippen molar-refractivity contribution in [3.05, 3.63) is 59.3 Å². The summed E-state index contributed by atoms with van der Waals surface area (Å²) in [5.41, 5.74) is 3.73. The van der Waals surface area contributed by atoms with Gasteiger partial charge < -0.3 is 9.15 Å². The van der Waals surface area contributed by atoms with Crippen molar-refractivity contribution in [1.82, 2.24) is 14.9 Å². The van der Waals surface area contributed by atoms with Crippen LogP contribution in [0.2, 0.25) is 0 Å². The van der Waals surface area contributed by atoms with Crippen molar-refractivity contribution in [2.24, 2.45) is 5.10 Å². The summed E-state index contributed by atoms with van der Waals surface area (Å²) in [6.45, 7) is 2.57. The molecule has 0 spiro atoms. The number of ether oxygens (including phenoxy) is 1. The maximum absolute atomic E-state index is 5.44. The highest BCUT2D eigenvalue weighted by molar-refractivity contribution is 7.71. The number of aromatic nitrogens is 3. The second kappa shape index (κ2) is 8.11. The maximum atomic E-state index is 5.44. The van der Waals surface area contributed by atoms with Crippen LogP contribution in [0.25, 0.3) is 17.5 Å². The zero-order chi connectivity index (χ0) is 17.5. The second-order valence-corrected chi connectivity index (χ2v) is 5.28. The molecule has 7 nitrogen and oxygen atoms in total. The predicted octanol–water partition coefficient (Wildman–Crippen LogP) is 3.84. The number of aromatic amines is 1. The standard InChI is InChI=1S/C17H17N5O2S/c1-2-23-15-9-7-13(8-10-15)16-19-20-17(25)22(16)21-18-11-3-5-14-6-4-12-24-14/h3-12,21H,2H2,1H3,(H,20,25). The van der Waals surface area contributed by atoms with Gasteiger partial charge in [0.2, 0.25) is 4.77 Å². The lowest BCUT2D eigenvalue weighted by Crippen LogP contribution is -2.10. The number of hydrazone groups is 1. The summed E-state index contributed by atoms with van der Waals surface area (Å²) in [6.07, 6.45) is 6.77. The van der Waals surface area contributed by atoms with E-state index in [0.717, 1.165) is 17.1 Å². The fourth-order valence-corrected chi connectivity index (χ4v) is 2.28. The first-order valence-electron chi connectivity index (χ1n) is 7.68. The lowest BCUT2D eigenvalue weighted by Gasteiger charge is -2.06. The Kier molecular flexibility index (Phi) is 5.43. The smallest absolute Gasteiger partial charge is 0.216 e. The summed E-state index contributed by atoms with van der Waals surface area (Å²) in [4.78, 5) is 0. The van der Waals surface area contributed by atoms with Gasteiger partial charge in [-0.1, -0.05) is 0 Å². The highest BCUT2D eigenvalue weighted by Crippen LogP contribution is 2.20. The normalized spacial score (nSPS) is 11.4. The lowest BCUT2D eigenvalue weighted by molar-refractivity contribution is 0.340. The molecule has 0 atom stereocenters. The Balaban J connectivity index is 1.72. The van der Waals surface area contributed by atoms with E-state index in [-0.39, 0.29) is 0 Å². The Labute approximate surface area is 149 Å². The summed E-state index contributed by atoms with van der Waals surface area (Å²) in [5, 5.41) is 11.1. The Morgan fingerprint density at radius 2 is 2.20 bits per heavy atom. The highest BCUT2D eigenvalue weighted by atomic mass is 32.1. The molecule has 0 aliphatic rings. The molecule has 1 aromatic carbocycles. The molecule has 128 valence electrons. The summed E-state index contributed by atoms with van der Waals surface area (Å²) in [5.74, 6) is 2.18. The second-order valence-electron chi connectivity index (χ2n) is 4.90.